The van der Waals surface area contributed by atoms with Crippen LogP contribution in [0.1, 0.15) is 41.2 Å². The van der Waals surface area contributed by atoms with Gasteiger partial charge in [-0.1, -0.05) is 18.6 Å². The lowest BCUT2D eigenvalue weighted by Gasteiger charge is -2.23. The topological polar surface area (TPSA) is 49.3 Å². The first-order valence-corrected chi connectivity index (χ1v) is 5.34. The summed E-state index contributed by atoms with van der Waals surface area (Å²) < 4.78 is 0. The first-order valence-electron chi connectivity index (χ1n) is 5.34. The highest BCUT2D eigenvalue weighted by molar-refractivity contribution is 5.87. The Labute approximate surface area is 89.1 Å². The number of nitrogens with one attached hydrogen (secondary N) is 1. The summed E-state index contributed by atoms with van der Waals surface area (Å²) >= 11 is 0. The molecular formula is C12H15NO2. The van der Waals surface area contributed by atoms with Crippen LogP contribution in [0, 0.1) is 0 Å². The maximum absolute atomic E-state index is 10.7. The average molecular weight is 205 g/mol. The zero-order valence-corrected chi connectivity index (χ0v) is 8.57. The van der Waals surface area contributed by atoms with Gasteiger partial charge in [0.25, 0.3) is 0 Å². The minimum atomic E-state index is -0.863. The number of carbonyl (C=O) groups is 1. The quantitative estimate of drug-likeness (QED) is 0.778. The Bertz CT molecular complexity index is 339. The first-order chi connectivity index (χ1) is 7.27. The Balaban J connectivity index is 2.11. The highest BCUT2D eigenvalue weighted by Crippen LogP contribution is 2.22. The van der Waals surface area contributed by atoms with Gasteiger partial charge in [0.2, 0.25) is 0 Å². The third kappa shape index (κ3) is 2.36. The molecule has 0 saturated carbocycles. The molecule has 1 saturated heterocycles. The van der Waals surface area contributed by atoms with Gasteiger partial charge in [-0.05, 0) is 37.1 Å². The van der Waals surface area contributed by atoms with Crippen molar-refractivity contribution in [1.29, 1.82) is 0 Å². The SMILES string of the molecule is O=C(O)c1ccc([C@H]2CCCCN2)cc1. The molecule has 1 aromatic carbocycles. The predicted octanol–water partition coefficient (Wildman–Crippen LogP) is 2.20. The molecule has 1 aliphatic rings. The van der Waals surface area contributed by atoms with Gasteiger partial charge in [0.1, 0.15) is 0 Å². The van der Waals surface area contributed by atoms with Crippen LogP contribution in [0.3, 0.4) is 0 Å². The second-order valence-electron chi connectivity index (χ2n) is 3.93. The largest absolute Gasteiger partial charge is 0.478 e. The molecule has 0 aliphatic carbocycles. The zero-order valence-electron chi connectivity index (χ0n) is 8.57. The standard InChI is InChI=1S/C12H15NO2/c14-12(15)10-6-4-9(5-7-10)11-3-1-2-8-13-11/h4-7,11,13H,1-3,8H2,(H,14,15)/t11-/m1/s1. The van der Waals surface area contributed by atoms with E-state index in [0.29, 0.717) is 11.6 Å². The van der Waals surface area contributed by atoms with Gasteiger partial charge in [0, 0.05) is 6.04 Å². The molecule has 0 unspecified atom stereocenters. The van der Waals surface area contributed by atoms with Crippen molar-refractivity contribution < 1.29 is 9.90 Å². The van der Waals surface area contributed by atoms with Gasteiger partial charge in [-0.25, -0.2) is 4.79 Å². The van der Waals surface area contributed by atoms with Gasteiger partial charge < -0.3 is 10.4 Å². The van der Waals surface area contributed by atoms with Crippen LogP contribution in [-0.4, -0.2) is 17.6 Å². The fourth-order valence-electron chi connectivity index (χ4n) is 1.99. The van der Waals surface area contributed by atoms with E-state index >= 15 is 0 Å². The highest BCUT2D eigenvalue weighted by Gasteiger charge is 2.14. The van der Waals surface area contributed by atoms with Gasteiger partial charge in [-0.3, -0.25) is 0 Å². The minimum absolute atomic E-state index is 0.356. The van der Waals surface area contributed by atoms with Crippen LogP contribution in [0.5, 0.6) is 0 Å². The van der Waals surface area contributed by atoms with Gasteiger partial charge in [-0.2, -0.15) is 0 Å². The summed E-state index contributed by atoms with van der Waals surface area (Å²) in [4.78, 5) is 10.7. The van der Waals surface area contributed by atoms with Gasteiger partial charge in [-0.15, -0.1) is 0 Å². The molecule has 3 nitrogen and oxygen atoms in total. The molecule has 0 spiro atoms. The molecule has 80 valence electrons. The zero-order chi connectivity index (χ0) is 10.7. The van der Waals surface area contributed by atoms with E-state index in [9.17, 15) is 4.79 Å². The van der Waals surface area contributed by atoms with Crippen LogP contribution in [0.2, 0.25) is 0 Å². The lowest BCUT2D eigenvalue weighted by atomic mass is 9.97. The van der Waals surface area contributed by atoms with Crippen molar-refractivity contribution in [3.05, 3.63) is 35.4 Å². The number of hydrogen-bond acceptors (Lipinski definition) is 2. The lowest BCUT2D eigenvalue weighted by Crippen LogP contribution is -2.26. The number of carboxylic acids is 1. The Morgan fingerprint density at radius 3 is 2.53 bits per heavy atom. The number of piperidine rings is 1. The Morgan fingerprint density at radius 2 is 2.00 bits per heavy atom. The van der Waals surface area contributed by atoms with Crippen LogP contribution < -0.4 is 5.32 Å². The normalized spacial score (nSPS) is 21.2. The third-order valence-corrected chi connectivity index (χ3v) is 2.87. The van der Waals surface area contributed by atoms with E-state index in [2.05, 4.69) is 5.32 Å². The molecule has 1 heterocycles. The molecule has 0 aromatic heterocycles. The van der Waals surface area contributed by atoms with E-state index in [4.69, 9.17) is 5.11 Å². The van der Waals surface area contributed by atoms with Crippen molar-refractivity contribution >= 4 is 5.97 Å². The van der Waals surface area contributed by atoms with Gasteiger partial charge >= 0.3 is 5.97 Å². The Kier molecular flexibility index (Phi) is 3.02. The molecule has 1 aromatic rings. The van der Waals surface area contributed by atoms with Crippen LogP contribution in [0.25, 0.3) is 0 Å². The Morgan fingerprint density at radius 1 is 1.27 bits per heavy atom. The molecule has 1 atom stereocenters. The van der Waals surface area contributed by atoms with E-state index < -0.39 is 5.97 Å². The van der Waals surface area contributed by atoms with Gasteiger partial charge in [0.15, 0.2) is 0 Å². The second kappa shape index (κ2) is 4.45. The van der Waals surface area contributed by atoms with E-state index in [1.807, 2.05) is 12.1 Å². The average Bonchev–Trinajstić information content (AvgIpc) is 2.30. The van der Waals surface area contributed by atoms with Crippen molar-refractivity contribution in [2.75, 3.05) is 6.54 Å². The molecular weight excluding hydrogens is 190 g/mol. The van der Waals surface area contributed by atoms with Crippen molar-refractivity contribution in [2.24, 2.45) is 0 Å². The molecule has 0 bridgehead atoms. The van der Waals surface area contributed by atoms with Crippen molar-refractivity contribution in [3.8, 4) is 0 Å². The molecule has 1 fully saturated rings. The van der Waals surface area contributed by atoms with Crippen molar-refractivity contribution in [2.45, 2.75) is 25.3 Å². The summed E-state index contributed by atoms with van der Waals surface area (Å²) in [5.41, 5.74) is 1.55. The molecule has 15 heavy (non-hydrogen) atoms. The molecule has 3 heteroatoms. The minimum Gasteiger partial charge on any atom is -0.478 e. The van der Waals surface area contributed by atoms with Crippen LogP contribution in [-0.2, 0) is 0 Å². The summed E-state index contributed by atoms with van der Waals surface area (Å²) in [6.45, 7) is 1.06. The lowest BCUT2D eigenvalue weighted by molar-refractivity contribution is 0.0697. The maximum Gasteiger partial charge on any atom is 0.335 e. The molecule has 2 rings (SSSR count). The fraction of sp³-hybridized carbons (Fsp3) is 0.417. The van der Waals surface area contributed by atoms with Crippen LogP contribution in [0.4, 0.5) is 0 Å². The summed E-state index contributed by atoms with van der Waals surface area (Å²) in [5.74, 6) is -0.863. The second-order valence-corrected chi connectivity index (χ2v) is 3.93. The maximum atomic E-state index is 10.7. The summed E-state index contributed by atoms with van der Waals surface area (Å²) in [7, 11) is 0. The van der Waals surface area contributed by atoms with E-state index in [0.717, 1.165) is 13.0 Å². The number of benzene rings is 1. The number of rotatable bonds is 2. The van der Waals surface area contributed by atoms with Crippen LogP contribution in [0.15, 0.2) is 24.3 Å². The van der Waals surface area contributed by atoms with E-state index in [1.54, 1.807) is 12.1 Å². The van der Waals surface area contributed by atoms with Crippen molar-refractivity contribution in [3.63, 3.8) is 0 Å². The van der Waals surface area contributed by atoms with E-state index in [-0.39, 0.29) is 0 Å². The molecule has 2 N–H and O–H groups in total. The third-order valence-electron chi connectivity index (χ3n) is 2.87. The molecule has 1 aliphatic heterocycles. The Hall–Kier alpha value is -1.35. The first kappa shape index (κ1) is 10.2. The fourth-order valence-corrected chi connectivity index (χ4v) is 1.99. The van der Waals surface area contributed by atoms with E-state index in [1.165, 1.54) is 18.4 Å². The number of hydrogen-bond donors (Lipinski definition) is 2. The van der Waals surface area contributed by atoms with Crippen LogP contribution >= 0.6 is 0 Å². The number of aromatic carboxylic acids is 1. The number of carboxylic acid groups (broad SMARTS) is 1. The predicted molar refractivity (Wildman–Crippen MR) is 58.0 cm³/mol. The summed E-state index contributed by atoms with van der Waals surface area (Å²) in [6.07, 6.45) is 3.63. The van der Waals surface area contributed by atoms with Crippen molar-refractivity contribution in [1.82, 2.24) is 5.32 Å². The summed E-state index contributed by atoms with van der Waals surface area (Å²) in [5, 5.41) is 12.2. The highest BCUT2D eigenvalue weighted by atomic mass is 16.4. The monoisotopic (exact) mass is 205 g/mol. The van der Waals surface area contributed by atoms with Gasteiger partial charge in [0.05, 0.1) is 5.56 Å². The molecule has 0 amide bonds. The smallest absolute Gasteiger partial charge is 0.335 e. The molecule has 0 radical (unpaired) electrons. The summed E-state index contributed by atoms with van der Waals surface area (Å²) in [6, 6.07) is 7.57.